The summed E-state index contributed by atoms with van der Waals surface area (Å²) in [5, 5.41) is 3.19. The van der Waals surface area contributed by atoms with Crippen LogP contribution in [0.3, 0.4) is 0 Å². The van der Waals surface area contributed by atoms with E-state index >= 15 is 0 Å². The van der Waals surface area contributed by atoms with Crippen molar-refractivity contribution in [2.24, 2.45) is 5.73 Å². The van der Waals surface area contributed by atoms with E-state index in [1.54, 1.807) is 7.11 Å². The van der Waals surface area contributed by atoms with Crippen LogP contribution in [-0.2, 0) is 14.3 Å². The van der Waals surface area contributed by atoms with Crippen LogP contribution in [0.15, 0.2) is 0 Å². The number of primary amides is 1. The van der Waals surface area contributed by atoms with Crippen molar-refractivity contribution >= 4 is 5.91 Å². The second-order valence-electron chi connectivity index (χ2n) is 4.21. The van der Waals surface area contributed by atoms with Gasteiger partial charge in [-0.25, -0.2) is 0 Å². The predicted octanol–water partition coefficient (Wildman–Crippen LogP) is 0.0355. The second-order valence-corrected chi connectivity index (χ2v) is 4.21. The van der Waals surface area contributed by atoms with Crippen LogP contribution in [0.1, 0.15) is 26.2 Å². The third-order valence-corrected chi connectivity index (χ3v) is 3.10. The van der Waals surface area contributed by atoms with Gasteiger partial charge in [0.05, 0.1) is 19.3 Å². The van der Waals surface area contributed by atoms with Crippen LogP contribution in [0.5, 0.6) is 0 Å². The molecule has 0 bridgehead atoms. The summed E-state index contributed by atoms with van der Waals surface area (Å²) in [5.74, 6) is -0.271. The van der Waals surface area contributed by atoms with E-state index in [0.717, 1.165) is 19.4 Å². The molecule has 0 aromatic carbocycles. The van der Waals surface area contributed by atoms with Crippen LogP contribution in [0.25, 0.3) is 0 Å². The first-order chi connectivity index (χ1) is 7.64. The average Bonchev–Trinajstić information content (AvgIpc) is 2.64. The molecule has 1 aliphatic carbocycles. The first-order valence-corrected chi connectivity index (χ1v) is 5.80. The summed E-state index contributed by atoms with van der Waals surface area (Å²) in [6.07, 6.45) is 2.41. The monoisotopic (exact) mass is 230 g/mol. The number of hydrogen-bond acceptors (Lipinski definition) is 4. The first kappa shape index (κ1) is 13.4. The lowest BCUT2D eigenvalue weighted by Crippen LogP contribution is -2.53. The van der Waals surface area contributed by atoms with Gasteiger partial charge in [0.1, 0.15) is 5.54 Å². The smallest absolute Gasteiger partial charge is 0.237 e. The number of nitrogens with two attached hydrogens (primary N) is 1. The van der Waals surface area contributed by atoms with Gasteiger partial charge in [-0.05, 0) is 19.4 Å². The Morgan fingerprint density at radius 1 is 1.56 bits per heavy atom. The molecule has 0 saturated heterocycles. The molecule has 1 amide bonds. The van der Waals surface area contributed by atoms with E-state index in [1.807, 2.05) is 6.92 Å². The largest absolute Gasteiger partial charge is 0.382 e. The van der Waals surface area contributed by atoms with Gasteiger partial charge in [0.2, 0.25) is 5.91 Å². The Bertz CT molecular complexity index is 235. The highest BCUT2D eigenvalue weighted by atomic mass is 16.5. The zero-order chi connectivity index (χ0) is 12.0. The first-order valence-electron chi connectivity index (χ1n) is 5.80. The van der Waals surface area contributed by atoms with Crippen LogP contribution < -0.4 is 11.1 Å². The predicted molar refractivity (Wildman–Crippen MR) is 61.1 cm³/mol. The molecule has 94 valence electrons. The zero-order valence-corrected chi connectivity index (χ0v) is 10.1. The molecule has 0 heterocycles. The van der Waals surface area contributed by atoms with Crippen LogP contribution in [0.4, 0.5) is 0 Å². The van der Waals surface area contributed by atoms with E-state index < -0.39 is 5.54 Å². The molecule has 1 saturated carbocycles. The molecule has 1 fully saturated rings. The van der Waals surface area contributed by atoms with Crippen LogP contribution in [0, 0.1) is 0 Å². The fraction of sp³-hybridized carbons (Fsp3) is 0.909. The summed E-state index contributed by atoms with van der Waals surface area (Å²) in [6, 6.07) is 0. The van der Waals surface area contributed by atoms with Crippen molar-refractivity contribution in [2.45, 2.75) is 37.8 Å². The number of ether oxygens (including phenoxy) is 2. The van der Waals surface area contributed by atoms with Gasteiger partial charge < -0.3 is 20.5 Å². The quantitative estimate of drug-likeness (QED) is 0.605. The van der Waals surface area contributed by atoms with Crippen LogP contribution in [-0.4, -0.2) is 44.4 Å². The SMILES string of the molecule is CCNC1(C(N)=O)CCC(OCCOC)C1. The molecule has 0 aromatic heterocycles. The van der Waals surface area contributed by atoms with E-state index in [-0.39, 0.29) is 12.0 Å². The molecule has 2 unspecified atom stereocenters. The molecule has 16 heavy (non-hydrogen) atoms. The molecular formula is C11H22N2O3. The lowest BCUT2D eigenvalue weighted by Gasteiger charge is -2.26. The Labute approximate surface area is 96.7 Å². The maximum absolute atomic E-state index is 11.5. The lowest BCUT2D eigenvalue weighted by atomic mass is 9.96. The van der Waals surface area contributed by atoms with Gasteiger partial charge in [0.15, 0.2) is 0 Å². The van der Waals surface area contributed by atoms with Gasteiger partial charge in [-0.1, -0.05) is 6.92 Å². The lowest BCUT2D eigenvalue weighted by molar-refractivity contribution is -0.124. The van der Waals surface area contributed by atoms with Crippen molar-refractivity contribution in [3.63, 3.8) is 0 Å². The van der Waals surface area contributed by atoms with Gasteiger partial charge in [0, 0.05) is 13.5 Å². The number of nitrogens with one attached hydrogen (secondary N) is 1. The molecule has 3 N–H and O–H groups in total. The summed E-state index contributed by atoms with van der Waals surface area (Å²) in [5.41, 5.74) is 4.89. The Morgan fingerprint density at radius 2 is 2.31 bits per heavy atom. The number of rotatable bonds is 7. The van der Waals surface area contributed by atoms with E-state index in [4.69, 9.17) is 15.2 Å². The van der Waals surface area contributed by atoms with Gasteiger partial charge in [-0.15, -0.1) is 0 Å². The molecular weight excluding hydrogens is 208 g/mol. The summed E-state index contributed by atoms with van der Waals surface area (Å²) < 4.78 is 10.5. The van der Waals surface area contributed by atoms with Gasteiger partial charge in [-0.2, -0.15) is 0 Å². The zero-order valence-electron chi connectivity index (χ0n) is 10.1. The summed E-state index contributed by atoms with van der Waals surface area (Å²) >= 11 is 0. The molecule has 0 aromatic rings. The second kappa shape index (κ2) is 6.18. The number of methoxy groups -OCH3 is 1. The number of likely N-dealkylation sites (N-methyl/N-ethyl adjacent to an activating group) is 1. The van der Waals surface area contributed by atoms with Crippen molar-refractivity contribution in [1.82, 2.24) is 5.32 Å². The summed E-state index contributed by atoms with van der Waals surface area (Å²) in [7, 11) is 1.64. The molecule has 1 aliphatic rings. The summed E-state index contributed by atoms with van der Waals surface area (Å²) in [6.45, 7) is 3.88. The fourth-order valence-corrected chi connectivity index (χ4v) is 2.25. The Balaban J connectivity index is 2.43. The number of hydrogen-bond donors (Lipinski definition) is 2. The minimum absolute atomic E-state index is 0.113. The van der Waals surface area contributed by atoms with E-state index in [2.05, 4.69) is 5.32 Å². The van der Waals surface area contributed by atoms with E-state index in [0.29, 0.717) is 19.6 Å². The Hall–Kier alpha value is -0.650. The van der Waals surface area contributed by atoms with Crippen molar-refractivity contribution in [2.75, 3.05) is 26.9 Å². The van der Waals surface area contributed by atoms with Crippen molar-refractivity contribution < 1.29 is 14.3 Å². The maximum Gasteiger partial charge on any atom is 0.237 e. The maximum atomic E-state index is 11.5. The summed E-state index contributed by atoms with van der Waals surface area (Å²) in [4.78, 5) is 11.5. The minimum Gasteiger partial charge on any atom is -0.382 e. The molecule has 0 aliphatic heterocycles. The topological polar surface area (TPSA) is 73.6 Å². The normalized spacial score (nSPS) is 29.5. The Morgan fingerprint density at radius 3 is 2.88 bits per heavy atom. The minimum atomic E-state index is -0.563. The highest BCUT2D eigenvalue weighted by Crippen LogP contribution is 2.31. The molecule has 5 heteroatoms. The van der Waals surface area contributed by atoms with Crippen molar-refractivity contribution in [3.8, 4) is 0 Å². The molecule has 0 radical (unpaired) electrons. The number of carbonyl (C=O) groups excluding carboxylic acids is 1. The van der Waals surface area contributed by atoms with Gasteiger partial charge in [-0.3, -0.25) is 4.79 Å². The Kier molecular flexibility index (Phi) is 5.18. The molecule has 0 spiro atoms. The van der Waals surface area contributed by atoms with Crippen molar-refractivity contribution in [3.05, 3.63) is 0 Å². The number of amides is 1. The van der Waals surface area contributed by atoms with Crippen molar-refractivity contribution in [1.29, 1.82) is 0 Å². The third-order valence-electron chi connectivity index (χ3n) is 3.10. The highest BCUT2D eigenvalue weighted by molar-refractivity contribution is 5.85. The van der Waals surface area contributed by atoms with Gasteiger partial charge in [0.25, 0.3) is 0 Å². The van der Waals surface area contributed by atoms with Crippen LogP contribution in [0.2, 0.25) is 0 Å². The molecule has 2 atom stereocenters. The molecule has 5 nitrogen and oxygen atoms in total. The van der Waals surface area contributed by atoms with E-state index in [9.17, 15) is 4.79 Å². The average molecular weight is 230 g/mol. The third kappa shape index (κ3) is 3.17. The number of carbonyl (C=O) groups is 1. The molecule has 1 rings (SSSR count). The standard InChI is InChI=1S/C11H22N2O3/c1-3-13-11(10(12)14)5-4-9(8-11)16-7-6-15-2/h9,13H,3-8H2,1-2H3,(H2,12,14). The van der Waals surface area contributed by atoms with E-state index in [1.165, 1.54) is 0 Å². The highest BCUT2D eigenvalue weighted by Gasteiger charge is 2.43. The van der Waals surface area contributed by atoms with Gasteiger partial charge >= 0.3 is 0 Å². The fourth-order valence-electron chi connectivity index (χ4n) is 2.25. The van der Waals surface area contributed by atoms with Crippen LogP contribution >= 0.6 is 0 Å².